The van der Waals surface area contributed by atoms with Crippen LogP contribution in [0.4, 0.5) is 18.9 Å². The van der Waals surface area contributed by atoms with Crippen LogP contribution in [0.15, 0.2) is 30.3 Å². The number of nitrogens with one attached hydrogen (secondary N) is 1. The highest BCUT2D eigenvalue weighted by molar-refractivity contribution is 6.36. The van der Waals surface area contributed by atoms with Gasteiger partial charge in [-0.1, -0.05) is 23.2 Å². The normalized spacial score (nSPS) is 12.3. The van der Waals surface area contributed by atoms with Gasteiger partial charge in [-0.25, -0.2) is 13.2 Å². The van der Waals surface area contributed by atoms with Crippen LogP contribution in [-0.4, -0.2) is 0 Å². The quantitative estimate of drug-likeness (QED) is 0.728. The van der Waals surface area contributed by atoms with Crippen molar-refractivity contribution in [2.24, 2.45) is 0 Å². The summed E-state index contributed by atoms with van der Waals surface area (Å²) in [4.78, 5) is 0. The molecule has 1 N–H and O–H groups in total. The summed E-state index contributed by atoms with van der Waals surface area (Å²) in [6.45, 7) is 1.66. The highest BCUT2D eigenvalue weighted by Crippen LogP contribution is 2.34. The van der Waals surface area contributed by atoms with Crippen LogP contribution in [-0.2, 0) is 0 Å². The zero-order valence-electron chi connectivity index (χ0n) is 10.4. The van der Waals surface area contributed by atoms with Crippen LogP contribution in [0.1, 0.15) is 18.5 Å². The largest absolute Gasteiger partial charge is 0.378 e. The van der Waals surface area contributed by atoms with Gasteiger partial charge in [0.25, 0.3) is 0 Å². The molecule has 0 heterocycles. The smallest absolute Gasteiger partial charge is 0.142 e. The highest BCUT2D eigenvalue weighted by atomic mass is 35.5. The second-order valence-electron chi connectivity index (χ2n) is 4.28. The summed E-state index contributed by atoms with van der Waals surface area (Å²) in [5, 5.41) is 2.99. The molecular weight excluding hydrogens is 310 g/mol. The summed E-state index contributed by atoms with van der Waals surface area (Å²) in [5.74, 6) is -2.03. The zero-order valence-corrected chi connectivity index (χ0v) is 11.9. The Kier molecular flexibility index (Phi) is 4.45. The monoisotopic (exact) mass is 319 g/mol. The molecule has 0 aliphatic rings. The van der Waals surface area contributed by atoms with Gasteiger partial charge in [0, 0.05) is 22.3 Å². The lowest BCUT2D eigenvalue weighted by Gasteiger charge is -2.18. The topological polar surface area (TPSA) is 12.0 Å². The van der Waals surface area contributed by atoms with E-state index in [1.54, 1.807) is 6.92 Å². The van der Waals surface area contributed by atoms with Crippen LogP contribution in [0.3, 0.4) is 0 Å². The molecule has 2 aromatic carbocycles. The fourth-order valence-electron chi connectivity index (χ4n) is 1.90. The minimum Gasteiger partial charge on any atom is -0.378 e. The number of halogens is 5. The third-order valence-electron chi connectivity index (χ3n) is 2.76. The predicted octanol–water partition coefficient (Wildman–Crippen LogP) is 5.58. The van der Waals surface area contributed by atoms with E-state index < -0.39 is 23.5 Å². The molecule has 1 atom stereocenters. The molecule has 20 heavy (non-hydrogen) atoms. The molecule has 2 rings (SSSR count). The molecule has 0 saturated carbocycles. The molecule has 0 spiro atoms. The van der Waals surface area contributed by atoms with E-state index in [4.69, 9.17) is 23.2 Å². The van der Waals surface area contributed by atoms with E-state index in [0.29, 0.717) is 5.56 Å². The second-order valence-corrected chi connectivity index (χ2v) is 5.07. The fraction of sp³-hybridized carbons (Fsp3) is 0.143. The second kappa shape index (κ2) is 5.94. The maximum Gasteiger partial charge on any atom is 0.142 e. The molecule has 0 bridgehead atoms. The van der Waals surface area contributed by atoms with Crippen LogP contribution in [0.2, 0.25) is 10.0 Å². The van der Waals surface area contributed by atoms with Crippen molar-refractivity contribution in [3.8, 4) is 0 Å². The van der Waals surface area contributed by atoms with Gasteiger partial charge in [-0.2, -0.15) is 0 Å². The van der Waals surface area contributed by atoms with Gasteiger partial charge in [0.1, 0.15) is 17.5 Å². The molecule has 106 valence electrons. The van der Waals surface area contributed by atoms with Crippen molar-refractivity contribution >= 4 is 28.9 Å². The predicted molar refractivity (Wildman–Crippen MR) is 74.8 cm³/mol. The average molecular weight is 320 g/mol. The standard InChI is InChI=1S/C14H10Cl2F3N/c1-7(13-11(15)2-3-12(19)14(13)16)20-10-5-8(17)4-9(18)6-10/h2-7,20H,1H3. The SMILES string of the molecule is CC(Nc1cc(F)cc(F)c1)c1c(Cl)ccc(F)c1Cl. The summed E-state index contributed by atoms with van der Waals surface area (Å²) < 4.78 is 39.7. The minimum absolute atomic E-state index is 0.116. The summed E-state index contributed by atoms with van der Waals surface area (Å²) >= 11 is 11.9. The average Bonchev–Trinajstić information content (AvgIpc) is 2.33. The molecule has 1 unspecified atom stereocenters. The number of rotatable bonds is 3. The lowest BCUT2D eigenvalue weighted by atomic mass is 10.1. The van der Waals surface area contributed by atoms with Crippen molar-refractivity contribution in [2.75, 3.05) is 5.32 Å². The van der Waals surface area contributed by atoms with Crippen LogP contribution in [0.25, 0.3) is 0 Å². The van der Waals surface area contributed by atoms with E-state index in [2.05, 4.69) is 5.32 Å². The van der Waals surface area contributed by atoms with Crippen LogP contribution < -0.4 is 5.32 Å². The Morgan fingerprint density at radius 1 is 1.00 bits per heavy atom. The lowest BCUT2D eigenvalue weighted by Crippen LogP contribution is -2.09. The molecule has 0 saturated heterocycles. The van der Waals surface area contributed by atoms with Gasteiger partial charge >= 0.3 is 0 Å². The Morgan fingerprint density at radius 2 is 1.60 bits per heavy atom. The van der Waals surface area contributed by atoms with E-state index in [0.717, 1.165) is 24.3 Å². The van der Waals surface area contributed by atoms with Crippen LogP contribution in [0, 0.1) is 17.5 Å². The van der Waals surface area contributed by atoms with E-state index >= 15 is 0 Å². The number of hydrogen-bond acceptors (Lipinski definition) is 1. The molecular formula is C14H10Cl2F3N. The van der Waals surface area contributed by atoms with E-state index in [-0.39, 0.29) is 15.7 Å². The van der Waals surface area contributed by atoms with Gasteiger partial charge in [-0.05, 0) is 31.2 Å². The van der Waals surface area contributed by atoms with Crippen molar-refractivity contribution in [2.45, 2.75) is 13.0 Å². The molecule has 0 aromatic heterocycles. The third-order valence-corrected chi connectivity index (χ3v) is 3.47. The number of benzene rings is 2. The lowest BCUT2D eigenvalue weighted by molar-refractivity contribution is 0.583. The summed E-state index contributed by atoms with van der Waals surface area (Å²) in [7, 11) is 0. The summed E-state index contributed by atoms with van der Waals surface area (Å²) in [5.41, 5.74) is 0.546. The molecule has 6 heteroatoms. The maximum absolute atomic E-state index is 13.4. The summed E-state index contributed by atoms with van der Waals surface area (Å²) in [6, 6.07) is 5.02. The van der Waals surface area contributed by atoms with Crippen LogP contribution in [0.5, 0.6) is 0 Å². The van der Waals surface area contributed by atoms with Crippen molar-refractivity contribution in [3.05, 3.63) is 63.4 Å². The van der Waals surface area contributed by atoms with Gasteiger partial charge < -0.3 is 5.32 Å². The first-order chi connectivity index (χ1) is 9.38. The Hall–Kier alpha value is -1.39. The van der Waals surface area contributed by atoms with E-state index in [1.165, 1.54) is 6.07 Å². The maximum atomic E-state index is 13.4. The molecule has 0 aliphatic heterocycles. The highest BCUT2D eigenvalue weighted by Gasteiger charge is 2.17. The molecule has 2 aromatic rings. The van der Waals surface area contributed by atoms with E-state index in [1.807, 2.05) is 0 Å². The minimum atomic E-state index is -0.712. The molecule has 0 radical (unpaired) electrons. The Balaban J connectivity index is 2.33. The first-order valence-corrected chi connectivity index (χ1v) is 6.50. The number of anilines is 1. The Labute approximate surface area is 124 Å². The molecule has 1 nitrogen and oxygen atoms in total. The van der Waals surface area contributed by atoms with Crippen molar-refractivity contribution in [1.29, 1.82) is 0 Å². The van der Waals surface area contributed by atoms with Gasteiger partial charge in [0.15, 0.2) is 0 Å². The van der Waals surface area contributed by atoms with Gasteiger partial charge in [0.2, 0.25) is 0 Å². The Bertz CT molecular complexity index is 626. The first kappa shape index (κ1) is 15.0. The zero-order chi connectivity index (χ0) is 14.9. The van der Waals surface area contributed by atoms with Crippen molar-refractivity contribution < 1.29 is 13.2 Å². The first-order valence-electron chi connectivity index (χ1n) is 5.74. The van der Waals surface area contributed by atoms with E-state index in [9.17, 15) is 13.2 Å². The fourth-order valence-corrected chi connectivity index (χ4v) is 2.60. The van der Waals surface area contributed by atoms with Gasteiger partial charge in [0.05, 0.1) is 11.1 Å². The van der Waals surface area contributed by atoms with Crippen molar-refractivity contribution in [3.63, 3.8) is 0 Å². The molecule has 0 amide bonds. The number of hydrogen-bond donors (Lipinski definition) is 1. The van der Waals surface area contributed by atoms with Crippen LogP contribution >= 0.6 is 23.2 Å². The van der Waals surface area contributed by atoms with Crippen molar-refractivity contribution in [1.82, 2.24) is 0 Å². The third kappa shape index (κ3) is 3.19. The van der Waals surface area contributed by atoms with Gasteiger partial charge in [-0.3, -0.25) is 0 Å². The van der Waals surface area contributed by atoms with Gasteiger partial charge in [-0.15, -0.1) is 0 Å². The molecule has 0 fully saturated rings. The summed E-state index contributed by atoms with van der Waals surface area (Å²) in [6.07, 6.45) is 0. The molecule has 0 aliphatic carbocycles. The Morgan fingerprint density at radius 3 is 2.20 bits per heavy atom.